The predicted molar refractivity (Wildman–Crippen MR) is 109 cm³/mol. The van der Waals surface area contributed by atoms with Crippen LogP contribution in [0.3, 0.4) is 0 Å². The topological polar surface area (TPSA) is 85.5 Å². The predicted octanol–water partition coefficient (Wildman–Crippen LogP) is 3.58. The SMILES string of the molecule is COc1ccc(-c2noc(CN([C@@H]3CCCc4ccccc43)S(C)(=O)=O)n2)cc1. The lowest BCUT2D eigenvalue weighted by molar-refractivity contribution is 0.251. The van der Waals surface area contributed by atoms with Crippen molar-refractivity contribution in [3.63, 3.8) is 0 Å². The molecule has 0 amide bonds. The van der Waals surface area contributed by atoms with E-state index in [2.05, 4.69) is 16.2 Å². The molecule has 0 saturated carbocycles. The Labute approximate surface area is 170 Å². The summed E-state index contributed by atoms with van der Waals surface area (Å²) in [5, 5.41) is 4.02. The van der Waals surface area contributed by atoms with Crippen LogP contribution < -0.4 is 4.74 Å². The van der Waals surface area contributed by atoms with Gasteiger partial charge in [0.2, 0.25) is 21.7 Å². The summed E-state index contributed by atoms with van der Waals surface area (Å²) in [6.45, 7) is 0.0426. The summed E-state index contributed by atoms with van der Waals surface area (Å²) in [5.74, 6) is 1.42. The molecule has 1 aromatic heterocycles. The maximum absolute atomic E-state index is 12.6. The van der Waals surface area contributed by atoms with Gasteiger partial charge in [0.05, 0.1) is 26.0 Å². The zero-order valence-corrected chi connectivity index (χ0v) is 17.2. The lowest BCUT2D eigenvalue weighted by atomic mass is 9.88. The third-order valence-corrected chi connectivity index (χ3v) is 6.45. The number of hydrogen-bond donors (Lipinski definition) is 0. The first-order valence-electron chi connectivity index (χ1n) is 9.47. The molecule has 0 radical (unpaired) electrons. The van der Waals surface area contributed by atoms with Gasteiger partial charge in [-0.05, 0) is 54.7 Å². The third kappa shape index (κ3) is 4.18. The number of rotatable bonds is 6. The average molecular weight is 413 g/mol. The van der Waals surface area contributed by atoms with Gasteiger partial charge in [-0.1, -0.05) is 29.4 Å². The minimum atomic E-state index is -3.48. The van der Waals surface area contributed by atoms with Gasteiger partial charge in [0.15, 0.2) is 0 Å². The van der Waals surface area contributed by atoms with E-state index in [0.717, 1.165) is 36.1 Å². The maximum Gasteiger partial charge on any atom is 0.242 e. The first-order valence-corrected chi connectivity index (χ1v) is 11.3. The Hall–Kier alpha value is -2.71. The molecule has 2 aromatic carbocycles. The summed E-state index contributed by atoms with van der Waals surface area (Å²) in [5.41, 5.74) is 3.02. The number of methoxy groups -OCH3 is 1. The molecule has 0 aliphatic heterocycles. The summed E-state index contributed by atoms with van der Waals surface area (Å²) < 4.78 is 37.2. The Bertz CT molecular complexity index is 1090. The zero-order chi connectivity index (χ0) is 20.4. The van der Waals surface area contributed by atoms with Gasteiger partial charge >= 0.3 is 0 Å². The van der Waals surface area contributed by atoms with Crippen LogP contribution in [0, 0.1) is 0 Å². The van der Waals surface area contributed by atoms with Crippen molar-refractivity contribution in [3.8, 4) is 17.1 Å². The summed E-state index contributed by atoms with van der Waals surface area (Å²) in [4.78, 5) is 4.42. The van der Waals surface area contributed by atoms with Gasteiger partial charge in [0, 0.05) is 5.56 Å². The second kappa shape index (κ2) is 7.96. The van der Waals surface area contributed by atoms with Gasteiger partial charge in [0.1, 0.15) is 5.75 Å². The highest BCUT2D eigenvalue weighted by Gasteiger charge is 2.33. The molecule has 3 aromatic rings. The number of benzene rings is 2. The van der Waals surface area contributed by atoms with Gasteiger partial charge in [-0.3, -0.25) is 0 Å². The van der Waals surface area contributed by atoms with Crippen molar-refractivity contribution >= 4 is 10.0 Å². The molecule has 8 heteroatoms. The van der Waals surface area contributed by atoms with Gasteiger partial charge in [-0.25, -0.2) is 8.42 Å². The molecule has 0 bridgehead atoms. The lowest BCUT2D eigenvalue weighted by Crippen LogP contribution is -2.35. The highest BCUT2D eigenvalue weighted by molar-refractivity contribution is 7.88. The standard InChI is InChI=1S/C21H23N3O4S/c1-27-17-12-10-16(11-13-17)21-22-20(28-23-21)14-24(29(2,25)26)19-9-5-7-15-6-3-4-8-18(15)19/h3-4,6,8,10-13,19H,5,7,9,14H2,1-2H3/t19-/m1/s1. The van der Waals surface area contributed by atoms with Crippen molar-refractivity contribution in [1.82, 2.24) is 14.4 Å². The van der Waals surface area contributed by atoms with E-state index >= 15 is 0 Å². The third-order valence-electron chi connectivity index (χ3n) is 5.22. The number of nitrogens with zero attached hydrogens (tertiary/aromatic N) is 3. The molecule has 1 aliphatic rings. The Morgan fingerprint density at radius 2 is 1.93 bits per heavy atom. The molecule has 0 fully saturated rings. The Morgan fingerprint density at radius 1 is 1.17 bits per heavy atom. The molecule has 29 heavy (non-hydrogen) atoms. The van der Waals surface area contributed by atoms with E-state index < -0.39 is 10.0 Å². The molecule has 1 heterocycles. The Kier molecular flexibility index (Phi) is 5.38. The van der Waals surface area contributed by atoms with E-state index in [9.17, 15) is 8.42 Å². The normalized spacial score (nSPS) is 16.6. The molecule has 0 N–H and O–H groups in total. The van der Waals surface area contributed by atoms with Crippen LogP contribution in [0.4, 0.5) is 0 Å². The number of sulfonamides is 1. The van der Waals surface area contributed by atoms with Crippen molar-refractivity contribution in [1.29, 1.82) is 0 Å². The minimum absolute atomic E-state index is 0.0426. The molecule has 0 unspecified atom stereocenters. The van der Waals surface area contributed by atoms with Crippen LogP contribution in [0.5, 0.6) is 5.75 Å². The number of aryl methyl sites for hydroxylation is 1. The van der Waals surface area contributed by atoms with E-state index in [1.165, 1.54) is 16.1 Å². The first kappa shape index (κ1) is 19.6. The summed E-state index contributed by atoms with van der Waals surface area (Å²) in [7, 11) is -1.88. The van der Waals surface area contributed by atoms with Crippen molar-refractivity contribution in [3.05, 3.63) is 65.5 Å². The quantitative estimate of drug-likeness (QED) is 0.614. The lowest BCUT2D eigenvalue weighted by Gasteiger charge is -2.33. The molecule has 1 atom stereocenters. The number of aromatic nitrogens is 2. The van der Waals surface area contributed by atoms with Gasteiger partial charge in [-0.2, -0.15) is 9.29 Å². The molecular formula is C21H23N3O4S. The monoisotopic (exact) mass is 413 g/mol. The summed E-state index contributed by atoms with van der Waals surface area (Å²) in [6.07, 6.45) is 3.90. The highest BCUT2D eigenvalue weighted by Crippen LogP contribution is 2.36. The molecule has 152 valence electrons. The molecular weight excluding hydrogens is 390 g/mol. The Morgan fingerprint density at radius 3 is 2.66 bits per heavy atom. The van der Waals surface area contributed by atoms with Crippen LogP contribution in [0.2, 0.25) is 0 Å². The average Bonchev–Trinajstić information content (AvgIpc) is 3.20. The molecule has 0 saturated heterocycles. The fraction of sp³-hybridized carbons (Fsp3) is 0.333. The highest BCUT2D eigenvalue weighted by atomic mass is 32.2. The summed E-state index contributed by atoms with van der Waals surface area (Å²) >= 11 is 0. The van der Waals surface area contributed by atoms with Crippen LogP contribution >= 0.6 is 0 Å². The maximum atomic E-state index is 12.6. The van der Waals surface area contributed by atoms with Gasteiger partial charge < -0.3 is 9.26 Å². The van der Waals surface area contributed by atoms with Gasteiger partial charge in [0.25, 0.3) is 0 Å². The number of hydrogen-bond acceptors (Lipinski definition) is 6. The van der Waals surface area contributed by atoms with Crippen LogP contribution in [0.15, 0.2) is 53.1 Å². The van der Waals surface area contributed by atoms with Crippen molar-refractivity contribution in [2.24, 2.45) is 0 Å². The van der Waals surface area contributed by atoms with E-state index in [-0.39, 0.29) is 18.5 Å². The smallest absolute Gasteiger partial charge is 0.242 e. The molecule has 7 nitrogen and oxygen atoms in total. The minimum Gasteiger partial charge on any atom is -0.497 e. The molecule has 0 spiro atoms. The molecule has 4 rings (SSSR count). The van der Waals surface area contributed by atoms with Crippen molar-refractivity contribution in [2.45, 2.75) is 31.8 Å². The van der Waals surface area contributed by atoms with E-state index in [0.29, 0.717) is 5.82 Å². The van der Waals surface area contributed by atoms with Crippen molar-refractivity contribution < 1.29 is 17.7 Å². The first-order chi connectivity index (χ1) is 14.0. The fourth-order valence-corrected chi connectivity index (χ4v) is 4.82. The van der Waals surface area contributed by atoms with E-state index in [1.807, 2.05) is 42.5 Å². The van der Waals surface area contributed by atoms with Crippen LogP contribution in [-0.4, -0.2) is 36.2 Å². The second-order valence-electron chi connectivity index (χ2n) is 7.16. The van der Waals surface area contributed by atoms with Crippen LogP contribution in [0.1, 0.15) is 35.9 Å². The van der Waals surface area contributed by atoms with Crippen LogP contribution in [0.25, 0.3) is 11.4 Å². The van der Waals surface area contributed by atoms with E-state index in [4.69, 9.17) is 9.26 Å². The second-order valence-corrected chi connectivity index (χ2v) is 9.09. The van der Waals surface area contributed by atoms with E-state index in [1.54, 1.807) is 7.11 Å². The van der Waals surface area contributed by atoms with Crippen LogP contribution in [-0.2, 0) is 23.0 Å². The molecule has 1 aliphatic carbocycles. The largest absolute Gasteiger partial charge is 0.497 e. The summed E-state index contributed by atoms with van der Waals surface area (Å²) in [6, 6.07) is 15.1. The number of fused-ring (bicyclic) bond motifs is 1. The number of ether oxygens (including phenoxy) is 1. The zero-order valence-electron chi connectivity index (χ0n) is 16.4. The Balaban J connectivity index is 1.61. The fourth-order valence-electron chi connectivity index (χ4n) is 3.80. The van der Waals surface area contributed by atoms with Gasteiger partial charge in [-0.15, -0.1) is 0 Å². The van der Waals surface area contributed by atoms with Crippen molar-refractivity contribution in [2.75, 3.05) is 13.4 Å².